The first kappa shape index (κ1) is 18.0. The van der Waals surface area contributed by atoms with Gasteiger partial charge in [0, 0.05) is 30.0 Å². The predicted octanol–water partition coefficient (Wildman–Crippen LogP) is 3.07. The van der Waals surface area contributed by atoms with Gasteiger partial charge < -0.3 is 10.1 Å². The highest BCUT2D eigenvalue weighted by Gasteiger charge is 2.14. The van der Waals surface area contributed by atoms with Crippen molar-refractivity contribution in [3.05, 3.63) is 66.6 Å². The molecule has 2 heterocycles. The van der Waals surface area contributed by atoms with Gasteiger partial charge in [-0.2, -0.15) is 5.10 Å². The van der Waals surface area contributed by atoms with Crippen LogP contribution in [0.15, 0.2) is 66.0 Å². The lowest BCUT2D eigenvalue weighted by Gasteiger charge is -2.12. The van der Waals surface area contributed by atoms with E-state index in [1.165, 1.54) is 11.8 Å². The quantitative estimate of drug-likeness (QED) is 0.649. The molecule has 6 nitrogen and oxygen atoms in total. The van der Waals surface area contributed by atoms with E-state index in [4.69, 9.17) is 4.74 Å². The summed E-state index contributed by atoms with van der Waals surface area (Å²) in [4.78, 5) is 17.7. The molecule has 0 aliphatic rings. The van der Waals surface area contributed by atoms with E-state index in [0.29, 0.717) is 6.54 Å². The number of nitrogens with one attached hydrogen (secondary N) is 1. The van der Waals surface area contributed by atoms with Gasteiger partial charge in [-0.3, -0.25) is 4.79 Å². The van der Waals surface area contributed by atoms with Crippen molar-refractivity contribution in [2.45, 2.75) is 23.6 Å². The number of thioether (sulfide) groups is 1. The Hall–Kier alpha value is -2.80. The largest absolute Gasteiger partial charge is 0.497 e. The molecule has 0 saturated carbocycles. The van der Waals surface area contributed by atoms with Crippen LogP contribution in [0.3, 0.4) is 0 Å². The van der Waals surface area contributed by atoms with Gasteiger partial charge in [0.05, 0.1) is 12.4 Å². The normalized spacial score (nSPS) is 11.8. The van der Waals surface area contributed by atoms with Crippen LogP contribution in [-0.2, 0) is 11.3 Å². The van der Waals surface area contributed by atoms with E-state index >= 15 is 0 Å². The van der Waals surface area contributed by atoms with Gasteiger partial charge in [-0.05, 0) is 48.9 Å². The first-order chi connectivity index (χ1) is 12.7. The minimum Gasteiger partial charge on any atom is -0.497 e. The number of nitrogens with zero attached hydrogens (tertiary/aromatic N) is 3. The van der Waals surface area contributed by atoms with Crippen molar-refractivity contribution in [3.63, 3.8) is 0 Å². The van der Waals surface area contributed by atoms with Crippen LogP contribution in [0, 0.1) is 0 Å². The summed E-state index contributed by atoms with van der Waals surface area (Å²) in [5.41, 5.74) is 0.941. The summed E-state index contributed by atoms with van der Waals surface area (Å²) in [5.74, 6) is 1.54. The Balaban J connectivity index is 1.51. The van der Waals surface area contributed by atoms with Crippen LogP contribution in [0.2, 0.25) is 0 Å². The Morgan fingerprint density at radius 3 is 2.69 bits per heavy atom. The maximum absolute atomic E-state index is 12.3. The summed E-state index contributed by atoms with van der Waals surface area (Å²) in [5, 5.41) is 6.89. The van der Waals surface area contributed by atoms with Crippen LogP contribution >= 0.6 is 11.8 Å². The molecule has 1 aromatic carbocycles. The van der Waals surface area contributed by atoms with Crippen molar-refractivity contribution in [1.82, 2.24) is 20.1 Å². The highest BCUT2D eigenvalue weighted by atomic mass is 32.2. The minimum absolute atomic E-state index is 0.0121. The van der Waals surface area contributed by atoms with Gasteiger partial charge in [0.2, 0.25) is 5.91 Å². The average Bonchev–Trinajstić information content (AvgIpc) is 3.22. The van der Waals surface area contributed by atoms with Crippen LogP contribution < -0.4 is 10.1 Å². The lowest BCUT2D eigenvalue weighted by molar-refractivity contribution is -0.120. The van der Waals surface area contributed by atoms with Crippen LogP contribution in [0.1, 0.15) is 12.5 Å². The van der Waals surface area contributed by atoms with Gasteiger partial charge >= 0.3 is 0 Å². The summed E-state index contributed by atoms with van der Waals surface area (Å²) in [6, 6.07) is 13.3. The molecule has 3 aromatic rings. The summed E-state index contributed by atoms with van der Waals surface area (Å²) < 4.78 is 6.83. The third-order valence-corrected chi connectivity index (χ3v) is 4.87. The zero-order valence-electron chi connectivity index (χ0n) is 14.6. The van der Waals surface area contributed by atoms with E-state index in [0.717, 1.165) is 22.0 Å². The highest BCUT2D eigenvalue weighted by molar-refractivity contribution is 8.00. The standard InChI is InChI=1S/C19H20N4O2S/c1-14(26-17-7-5-16(25-2)6-8-17)19(24)21-13-15-4-9-18(20-12-15)23-11-3-10-22-23/h3-12,14H,13H2,1-2H3,(H,21,24). The van der Waals surface area contributed by atoms with Crippen molar-refractivity contribution in [2.24, 2.45) is 0 Å². The molecule has 1 unspecified atom stereocenters. The number of rotatable bonds is 7. The van der Waals surface area contributed by atoms with Gasteiger partial charge in [0.25, 0.3) is 0 Å². The summed E-state index contributed by atoms with van der Waals surface area (Å²) in [6.45, 7) is 2.34. The molecule has 0 spiro atoms. The zero-order chi connectivity index (χ0) is 18.4. The van der Waals surface area contributed by atoms with Crippen LogP contribution in [-0.4, -0.2) is 33.0 Å². The molecule has 1 amide bonds. The number of methoxy groups -OCH3 is 1. The smallest absolute Gasteiger partial charge is 0.233 e. The Kier molecular flexibility index (Phi) is 5.91. The second-order valence-corrected chi connectivity index (χ2v) is 7.04. The average molecular weight is 368 g/mol. The third-order valence-electron chi connectivity index (χ3n) is 3.76. The lowest BCUT2D eigenvalue weighted by atomic mass is 10.2. The van der Waals surface area contributed by atoms with E-state index in [1.807, 2.05) is 55.6 Å². The van der Waals surface area contributed by atoms with Gasteiger partial charge in [-0.15, -0.1) is 11.8 Å². The Labute approximate surface area is 156 Å². The highest BCUT2D eigenvalue weighted by Crippen LogP contribution is 2.25. The molecular weight excluding hydrogens is 348 g/mol. The first-order valence-corrected chi connectivity index (χ1v) is 9.07. The van der Waals surface area contributed by atoms with Crippen molar-refractivity contribution >= 4 is 17.7 Å². The van der Waals surface area contributed by atoms with Crippen LogP contribution in [0.5, 0.6) is 5.75 Å². The van der Waals surface area contributed by atoms with E-state index in [-0.39, 0.29) is 11.2 Å². The van der Waals surface area contributed by atoms with Crippen molar-refractivity contribution in [3.8, 4) is 11.6 Å². The zero-order valence-corrected chi connectivity index (χ0v) is 15.4. The molecule has 7 heteroatoms. The number of carbonyl (C=O) groups is 1. The molecule has 26 heavy (non-hydrogen) atoms. The molecular formula is C19H20N4O2S. The van der Waals surface area contributed by atoms with Gasteiger partial charge in [-0.1, -0.05) is 6.07 Å². The number of hydrogen-bond donors (Lipinski definition) is 1. The second-order valence-electron chi connectivity index (χ2n) is 5.63. The fourth-order valence-corrected chi connectivity index (χ4v) is 3.20. The van der Waals surface area contributed by atoms with E-state index in [2.05, 4.69) is 15.4 Å². The molecule has 134 valence electrons. The molecule has 0 aliphatic heterocycles. The minimum atomic E-state index is -0.195. The number of aromatic nitrogens is 3. The number of pyridine rings is 1. The SMILES string of the molecule is COc1ccc(SC(C)C(=O)NCc2ccc(-n3cccn3)nc2)cc1. The molecule has 1 atom stereocenters. The van der Waals surface area contributed by atoms with Crippen LogP contribution in [0.4, 0.5) is 0 Å². The third kappa shape index (κ3) is 4.64. The number of benzene rings is 1. The molecule has 3 rings (SSSR count). The molecule has 1 N–H and O–H groups in total. The Morgan fingerprint density at radius 2 is 2.08 bits per heavy atom. The monoisotopic (exact) mass is 368 g/mol. The lowest BCUT2D eigenvalue weighted by Crippen LogP contribution is -2.30. The number of amides is 1. The van der Waals surface area contributed by atoms with Crippen molar-refractivity contribution in [1.29, 1.82) is 0 Å². The second kappa shape index (κ2) is 8.53. The number of hydrogen-bond acceptors (Lipinski definition) is 5. The number of ether oxygens (including phenoxy) is 1. The first-order valence-electron chi connectivity index (χ1n) is 8.19. The molecule has 0 radical (unpaired) electrons. The maximum Gasteiger partial charge on any atom is 0.233 e. The van der Waals surface area contributed by atoms with Crippen molar-refractivity contribution in [2.75, 3.05) is 7.11 Å². The fourth-order valence-electron chi connectivity index (χ4n) is 2.31. The topological polar surface area (TPSA) is 69.0 Å². The molecule has 2 aromatic heterocycles. The fraction of sp³-hybridized carbons (Fsp3) is 0.211. The Bertz CT molecular complexity index is 833. The summed E-state index contributed by atoms with van der Waals surface area (Å²) >= 11 is 1.51. The van der Waals surface area contributed by atoms with Crippen LogP contribution in [0.25, 0.3) is 5.82 Å². The summed E-state index contributed by atoms with van der Waals surface area (Å²) in [7, 11) is 1.63. The van der Waals surface area contributed by atoms with E-state index in [1.54, 1.807) is 24.2 Å². The molecule has 0 fully saturated rings. The molecule has 0 bridgehead atoms. The molecule has 0 saturated heterocycles. The molecule has 0 aliphatic carbocycles. The summed E-state index contributed by atoms with van der Waals surface area (Å²) in [6.07, 6.45) is 5.29. The maximum atomic E-state index is 12.3. The number of carbonyl (C=O) groups excluding carboxylic acids is 1. The van der Waals surface area contributed by atoms with E-state index in [9.17, 15) is 4.79 Å². The predicted molar refractivity (Wildman–Crippen MR) is 102 cm³/mol. The van der Waals surface area contributed by atoms with Gasteiger partial charge in [0.1, 0.15) is 5.75 Å². The van der Waals surface area contributed by atoms with E-state index < -0.39 is 0 Å². The van der Waals surface area contributed by atoms with Gasteiger partial charge in [-0.25, -0.2) is 9.67 Å². The Morgan fingerprint density at radius 1 is 1.27 bits per heavy atom. The van der Waals surface area contributed by atoms with Crippen molar-refractivity contribution < 1.29 is 9.53 Å². The van der Waals surface area contributed by atoms with Gasteiger partial charge in [0.15, 0.2) is 5.82 Å².